The summed E-state index contributed by atoms with van der Waals surface area (Å²) in [6.45, 7) is 1.05. The molecular weight excluding hydrogens is 346 g/mol. The molecule has 140 valence electrons. The van der Waals surface area contributed by atoms with E-state index in [1.807, 2.05) is 12.1 Å². The van der Waals surface area contributed by atoms with Crippen LogP contribution in [0.4, 0.5) is 5.69 Å². The normalized spacial score (nSPS) is 31.4. The summed E-state index contributed by atoms with van der Waals surface area (Å²) in [7, 11) is 0. The Balaban J connectivity index is 1.61. The van der Waals surface area contributed by atoms with Crippen molar-refractivity contribution >= 4 is 11.7 Å². The smallest absolute Gasteiger partial charge is 0.335 e. The van der Waals surface area contributed by atoms with Crippen molar-refractivity contribution in [1.29, 1.82) is 0 Å². The van der Waals surface area contributed by atoms with E-state index in [0.29, 0.717) is 35.3 Å². The van der Waals surface area contributed by atoms with Crippen LogP contribution in [0.1, 0.15) is 57.8 Å². The van der Waals surface area contributed by atoms with Crippen molar-refractivity contribution in [3.63, 3.8) is 0 Å². The predicted molar refractivity (Wildman–Crippen MR) is 110 cm³/mol. The number of carboxylic acid groups (broad SMARTS) is 1. The molecule has 0 saturated carbocycles. The number of carboxylic acids is 1. The standard InChI is InChI=1S/C25H23NO2/c27-25(28)17-12-21-18-9-4-8-16(18)14-26-23(15-6-2-1-3-7-15)20-11-5-10-19(20)22(13-17)24(21)26/h1-7,9-10,12-13,16,18-20,23H,8,11,14H2,(H,27,28)/t16-,18+,19-,20+,23+/m1/s1. The molecule has 0 saturated heterocycles. The molecule has 2 aromatic carbocycles. The van der Waals surface area contributed by atoms with Gasteiger partial charge in [-0.05, 0) is 53.5 Å². The first kappa shape index (κ1) is 16.2. The Morgan fingerprint density at radius 3 is 2.46 bits per heavy atom. The summed E-state index contributed by atoms with van der Waals surface area (Å²) in [4.78, 5) is 14.5. The van der Waals surface area contributed by atoms with Crippen LogP contribution < -0.4 is 4.90 Å². The van der Waals surface area contributed by atoms with Crippen molar-refractivity contribution in [1.82, 2.24) is 0 Å². The lowest BCUT2D eigenvalue weighted by Gasteiger charge is -2.51. The first-order valence-corrected chi connectivity index (χ1v) is 10.3. The van der Waals surface area contributed by atoms with Crippen LogP contribution in [-0.2, 0) is 0 Å². The molecule has 0 amide bonds. The fourth-order valence-corrected chi connectivity index (χ4v) is 6.13. The van der Waals surface area contributed by atoms with Gasteiger partial charge in [-0.25, -0.2) is 4.79 Å². The molecule has 0 bridgehead atoms. The summed E-state index contributed by atoms with van der Waals surface area (Å²) in [5.74, 6) is 0.844. The number of anilines is 1. The predicted octanol–water partition coefficient (Wildman–Crippen LogP) is 5.28. The number of hydrogen-bond donors (Lipinski definition) is 1. The SMILES string of the molecule is O=C(O)c1cc2c3c(c1)[C@@H]1C=CC[C@@H]1[C@H](c1ccccc1)N3C[C@H]1CC=C[C@H]21. The van der Waals surface area contributed by atoms with E-state index in [4.69, 9.17) is 0 Å². The van der Waals surface area contributed by atoms with Crippen LogP contribution in [0.15, 0.2) is 66.8 Å². The minimum Gasteiger partial charge on any atom is -0.478 e. The highest BCUT2D eigenvalue weighted by Gasteiger charge is 2.47. The van der Waals surface area contributed by atoms with Gasteiger partial charge in [0.15, 0.2) is 0 Å². The molecule has 0 radical (unpaired) electrons. The van der Waals surface area contributed by atoms with Gasteiger partial charge in [-0.1, -0.05) is 54.6 Å². The maximum atomic E-state index is 11.9. The van der Waals surface area contributed by atoms with E-state index >= 15 is 0 Å². The van der Waals surface area contributed by atoms with Crippen LogP contribution in [0.25, 0.3) is 0 Å². The summed E-state index contributed by atoms with van der Waals surface area (Å²) >= 11 is 0. The fraction of sp³-hybridized carbons (Fsp3) is 0.320. The first-order chi connectivity index (χ1) is 13.7. The third-order valence-corrected chi connectivity index (χ3v) is 7.24. The summed E-state index contributed by atoms with van der Waals surface area (Å²) in [6, 6.07) is 15.1. The van der Waals surface area contributed by atoms with Crippen molar-refractivity contribution in [3.05, 3.63) is 89.0 Å². The van der Waals surface area contributed by atoms with Crippen molar-refractivity contribution in [2.24, 2.45) is 11.8 Å². The molecule has 0 fully saturated rings. The van der Waals surface area contributed by atoms with Gasteiger partial charge in [0.05, 0.1) is 11.6 Å². The summed E-state index contributed by atoms with van der Waals surface area (Å²) in [6.07, 6.45) is 11.3. The zero-order valence-electron chi connectivity index (χ0n) is 15.7. The molecule has 2 aliphatic heterocycles. The average Bonchev–Trinajstić information content (AvgIpc) is 3.38. The van der Waals surface area contributed by atoms with Crippen LogP contribution in [0.2, 0.25) is 0 Å². The van der Waals surface area contributed by atoms with Crippen molar-refractivity contribution in [2.75, 3.05) is 11.4 Å². The maximum absolute atomic E-state index is 11.9. The van der Waals surface area contributed by atoms with Gasteiger partial charge >= 0.3 is 5.97 Å². The number of hydrogen-bond acceptors (Lipinski definition) is 2. The number of nitrogens with zero attached hydrogens (tertiary/aromatic N) is 1. The lowest BCUT2D eigenvalue weighted by atomic mass is 9.70. The van der Waals surface area contributed by atoms with Crippen LogP contribution in [0, 0.1) is 11.8 Å². The molecular formula is C25H23NO2. The topological polar surface area (TPSA) is 40.5 Å². The van der Waals surface area contributed by atoms with Gasteiger partial charge in [-0.3, -0.25) is 0 Å². The van der Waals surface area contributed by atoms with Gasteiger partial charge < -0.3 is 10.0 Å². The number of benzene rings is 2. The molecule has 28 heavy (non-hydrogen) atoms. The van der Waals surface area contributed by atoms with Crippen molar-refractivity contribution in [2.45, 2.75) is 30.7 Å². The zero-order valence-corrected chi connectivity index (χ0v) is 15.7. The Bertz CT molecular complexity index is 1010. The number of carbonyl (C=O) groups is 1. The highest BCUT2D eigenvalue weighted by Crippen LogP contribution is 2.58. The highest BCUT2D eigenvalue weighted by atomic mass is 16.4. The molecule has 0 spiro atoms. The monoisotopic (exact) mass is 369 g/mol. The van der Waals surface area contributed by atoms with Gasteiger partial charge in [-0.2, -0.15) is 0 Å². The van der Waals surface area contributed by atoms with E-state index in [1.54, 1.807) is 0 Å². The first-order valence-electron chi connectivity index (χ1n) is 10.3. The number of allylic oxidation sites excluding steroid dienone is 4. The molecule has 2 heterocycles. The van der Waals surface area contributed by atoms with Crippen molar-refractivity contribution < 1.29 is 9.90 Å². The second-order valence-corrected chi connectivity index (χ2v) is 8.62. The Labute approximate surface area is 165 Å². The molecule has 3 heteroatoms. The van der Waals surface area contributed by atoms with Gasteiger partial charge in [0.25, 0.3) is 0 Å². The average molecular weight is 369 g/mol. The summed E-state index contributed by atoms with van der Waals surface area (Å²) in [5, 5.41) is 9.75. The van der Waals surface area contributed by atoms with Crippen LogP contribution in [0.3, 0.4) is 0 Å². The van der Waals surface area contributed by atoms with E-state index in [9.17, 15) is 9.90 Å². The molecule has 2 aliphatic carbocycles. The summed E-state index contributed by atoms with van der Waals surface area (Å²) in [5.41, 5.74) is 5.56. The maximum Gasteiger partial charge on any atom is 0.335 e. The van der Waals surface area contributed by atoms with Crippen molar-refractivity contribution in [3.8, 4) is 0 Å². The van der Waals surface area contributed by atoms with E-state index in [-0.39, 0.29) is 0 Å². The molecule has 2 aromatic rings. The highest BCUT2D eigenvalue weighted by molar-refractivity contribution is 5.90. The fourth-order valence-electron chi connectivity index (χ4n) is 6.13. The van der Waals surface area contributed by atoms with Crippen LogP contribution >= 0.6 is 0 Å². The van der Waals surface area contributed by atoms with Gasteiger partial charge in [0.2, 0.25) is 0 Å². The van der Waals surface area contributed by atoms with Gasteiger partial charge in [0, 0.05) is 24.1 Å². The van der Waals surface area contributed by atoms with Gasteiger partial charge in [-0.15, -0.1) is 0 Å². The lowest BCUT2D eigenvalue weighted by molar-refractivity contribution is 0.0696. The van der Waals surface area contributed by atoms with E-state index in [1.165, 1.54) is 22.4 Å². The molecule has 0 unspecified atom stereocenters. The van der Waals surface area contributed by atoms with Crippen LogP contribution in [-0.4, -0.2) is 17.6 Å². The Morgan fingerprint density at radius 2 is 1.68 bits per heavy atom. The van der Waals surface area contributed by atoms with Crippen LogP contribution in [0.5, 0.6) is 0 Å². The second kappa shape index (κ2) is 5.84. The minimum atomic E-state index is -0.821. The number of fused-ring (bicyclic) bond motifs is 4. The Kier molecular flexibility index (Phi) is 3.37. The van der Waals surface area contributed by atoms with E-state index in [2.05, 4.69) is 59.5 Å². The Hall–Kier alpha value is -2.81. The van der Waals surface area contributed by atoms with Gasteiger partial charge in [0.1, 0.15) is 0 Å². The summed E-state index contributed by atoms with van der Waals surface area (Å²) < 4.78 is 0. The van der Waals surface area contributed by atoms with E-state index in [0.717, 1.165) is 19.4 Å². The largest absolute Gasteiger partial charge is 0.478 e. The quantitative estimate of drug-likeness (QED) is 0.732. The number of rotatable bonds is 2. The second-order valence-electron chi connectivity index (χ2n) is 8.62. The minimum absolute atomic E-state index is 0.302. The molecule has 3 nitrogen and oxygen atoms in total. The molecule has 5 atom stereocenters. The molecule has 4 aliphatic rings. The molecule has 0 aromatic heterocycles. The Morgan fingerprint density at radius 1 is 0.964 bits per heavy atom. The van der Waals surface area contributed by atoms with E-state index < -0.39 is 5.97 Å². The molecule has 1 N–H and O–H groups in total. The third kappa shape index (κ3) is 2.13. The molecule has 6 rings (SSSR count). The number of aromatic carboxylic acids is 1. The zero-order chi connectivity index (χ0) is 18.8. The third-order valence-electron chi connectivity index (χ3n) is 7.24. The lowest BCUT2D eigenvalue weighted by Crippen LogP contribution is -2.46.